The minimum atomic E-state index is 0.266. The van der Waals surface area contributed by atoms with Crippen LogP contribution in [0, 0.1) is 13.8 Å². The van der Waals surface area contributed by atoms with Crippen LogP contribution in [0.3, 0.4) is 0 Å². The van der Waals surface area contributed by atoms with Gasteiger partial charge in [0.05, 0.1) is 0 Å². The molecule has 14 heavy (non-hydrogen) atoms. The summed E-state index contributed by atoms with van der Waals surface area (Å²) >= 11 is 0. The summed E-state index contributed by atoms with van der Waals surface area (Å²) in [4.78, 5) is 0. The van der Waals surface area contributed by atoms with E-state index in [-0.39, 0.29) is 5.41 Å². The second-order valence-corrected chi connectivity index (χ2v) is 5.19. The van der Waals surface area contributed by atoms with Crippen molar-refractivity contribution in [3.63, 3.8) is 0 Å². The Morgan fingerprint density at radius 3 is 1.71 bits per heavy atom. The molecule has 0 aromatic heterocycles. The molecule has 0 aliphatic carbocycles. The predicted octanol–water partition coefficient (Wildman–Crippen LogP) is 4.16. The Hall–Kier alpha value is -0.780. The smallest absolute Gasteiger partial charge is 0.0132 e. The second-order valence-electron chi connectivity index (χ2n) is 5.19. The summed E-state index contributed by atoms with van der Waals surface area (Å²) in [6.07, 6.45) is 1.14. The van der Waals surface area contributed by atoms with Crippen molar-refractivity contribution < 1.29 is 0 Å². The van der Waals surface area contributed by atoms with Crippen LogP contribution in [0.25, 0.3) is 0 Å². The van der Waals surface area contributed by atoms with E-state index in [1.54, 1.807) is 0 Å². The third-order valence-corrected chi connectivity index (χ3v) is 2.92. The molecule has 0 aliphatic heterocycles. The first-order chi connectivity index (χ1) is 6.36. The molecule has 0 bridgehead atoms. The van der Waals surface area contributed by atoms with E-state index < -0.39 is 0 Å². The summed E-state index contributed by atoms with van der Waals surface area (Å²) in [5.41, 5.74) is 6.11. The van der Waals surface area contributed by atoms with Gasteiger partial charge >= 0.3 is 0 Å². The molecule has 1 aromatic rings. The fourth-order valence-corrected chi connectivity index (χ4v) is 1.98. The molecular formula is C14H22. The first-order valence-electron chi connectivity index (χ1n) is 5.47. The fraction of sp³-hybridized carbons (Fsp3) is 0.571. The van der Waals surface area contributed by atoms with E-state index in [1.165, 1.54) is 22.3 Å². The van der Waals surface area contributed by atoms with E-state index in [9.17, 15) is 0 Å². The van der Waals surface area contributed by atoms with Crippen LogP contribution in [0.15, 0.2) is 12.1 Å². The number of hydrogen-bond donors (Lipinski definition) is 0. The molecule has 78 valence electrons. The van der Waals surface area contributed by atoms with Crippen molar-refractivity contribution in [2.24, 2.45) is 0 Å². The lowest BCUT2D eigenvalue weighted by molar-refractivity contribution is 0.588. The molecule has 0 fully saturated rings. The molecule has 1 aromatic carbocycles. The van der Waals surface area contributed by atoms with Crippen molar-refractivity contribution in [2.75, 3.05) is 0 Å². The second kappa shape index (κ2) is 3.76. The van der Waals surface area contributed by atoms with Gasteiger partial charge in [-0.05, 0) is 47.9 Å². The maximum absolute atomic E-state index is 2.34. The van der Waals surface area contributed by atoms with Crippen molar-refractivity contribution in [3.05, 3.63) is 34.4 Å². The Bertz CT molecular complexity index is 303. The van der Waals surface area contributed by atoms with Crippen molar-refractivity contribution in [3.8, 4) is 0 Å². The van der Waals surface area contributed by atoms with Gasteiger partial charge in [0.15, 0.2) is 0 Å². The molecule has 0 saturated heterocycles. The average Bonchev–Trinajstić information content (AvgIpc) is 2.01. The highest BCUT2D eigenvalue weighted by molar-refractivity contribution is 5.40. The average molecular weight is 190 g/mol. The molecule has 0 spiro atoms. The molecule has 0 amide bonds. The lowest BCUT2D eigenvalue weighted by Gasteiger charge is -2.22. The molecule has 0 aliphatic rings. The number of rotatable bonds is 1. The van der Waals surface area contributed by atoms with Gasteiger partial charge in [0, 0.05) is 0 Å². The summed E-state index contributed by atoms with van der Waals surface area (Å²) < 4.78 is 0. The predicted molar refractivity (Wildman–Crippen MR) is 64.0 cm³/mol. The number of aryl methyl sites for hydroxylation is 2. The van der Waals surface area contributed by atoms with Crippen LogP contribution in [0.5, 0.6) is 0 Å². The fourth-order valence-electron chi connectivity index (χ4n) is 1.98. The lowest BCUT2D eigenvalue weighted by Crippen LogP contribution is -2.12. The summed E-state index contributed by atoms with van der Waals surface area (Å²) in [5, 5.41) is 0. The minimum Gasteiger partial charge on any atom is -0.0613 e. The molecule has 1 rings (SSSR count). The van der Waals surface area contributed by atoms with Crippen LogP contribution in [0.2, 0.25) is 0 Å². The summed E-state index contributed by atoms with van der Waals surface area (Å²) in [6, 6.07) is 4.68. The molecule has 0 heteroatoms. The molecule has 0 radical (unpaired) electrons. The minimum absolute atomic E-state index is 0.266. The Balaban J connectivity index is 3.28. The van der Waals surface area contributed by atoms with Crippen LogP contribution in [-0.4, -0.2) is 0 Å². The van der Waals surface area contributed by atoms with E-state index in [2.05, 4.69) is 53.7 Å². The van der Waals surface area contributed by atoms with Crippen LogP contribution in [0.4, 0.5) is 0 Å². The van der Waals surface area contributed by atoms with Crippen molar-refractivity contribution in [1.29, 1.82) is 0 Å². The van der Waals surface area contributed by atoms with E-state index in [0.717, 1.165) is 6.42 Å². The SMILES string of the molecule is CCc1c(C)cc(C(C)(C)C)cc1C. The van der Waals surface area contributed by atoms with Gasteiger partial charge in [0.25, 0.3) is 0 Å². The molecule has 0 nitrogen and oxygen atoms in total. The Morgan fingerprint density at radius 1 is 1.00 bits per heavy atom. The lowest BCUT2D eigenvalue weighted by atomic mass is 9.83. The van der Waals surface area contributed by atoms with Crippen LogP contribution in [-0.2, 0) is 11.8 Å². The van der Waals surface area contributed by atoms with E-state index >= 15 is 0 Å². The molecule has 0 saturated carbocycles. The van der Waals surface area contributed by atoms with E-state index in [1.807, 2.05) is 0 Å². The first-order valence-corrected chi connectivity index (χ1v) is 5.47. The first kappa shape index (κ1) is 11.3. The van der Waals surface area contributed by atoms with Crippen LogP contribution in [0.1, 0.15) is 49.9 Å². The van der Waals surface area contributed by atoms with Crippen molar-refractivity contribution in [2.45, 2.75) is 53.4 Å². The van der Waals surface area contributed by atoms with Crippen LogP contribution >= 0.6 is 0 Å². The third-order valence-electron chi connectivity index (χ3n) is 2.92. The highest BCUT2D eigenvalue weighted by Gasteiger charge is 2.15. The van der Waals surface area contributed by atoms with Gasteiger partial charge < -0.3 is 0 Å². The highest BCUT2D eigenvalue weighted by atomic mass is 14.2. The summed E-state index contributed by atoms with van der Waals surface area (Å²) in [5.74, 6) is 0. The van der Waals surface area contributed by atoms with Crippen LogP contribution < -0.4 is 0 Å². The van der Waals surface area contributed by atoms with Crippen molar-refractivity contribution in [1.82, 2.24) is 0 Å². The van der Waals surface area contributed by atoms with Gasteiger partial charge in [0.2, 0.25) is 0 Å². The van der Waals surface area contributed by atoms with E-state index in [4.69, 9.17) is 0 Å². The zero-order chi connectivity index (χ0) is 10.9. The maximum atomic E-state index is 2.34. The monoisotopic (exact) mass is 190 g/mol. The number of benzene rings is 1. The zero-order valence-electron chi connectivity index (χ0n) is 10.4. The molecular weight excluding hydrogens is 168 g/mol. The Labute approximate surface area is 88.4 Å². The molecule has 0 N–H and O–H groups in total. The summed E-state index contributed by atoms with van der Waals surface area (Å²) in [6.45, 7) is 13.5. The number of hydrogen-bond acceptors (Lipinski definition) is 0. The van der Waals surface area contributed by atoms with Gasteiger partial charge in [0.1, 0.15) is 0 Å². The largest absolute Gasteiger partial charge is 0.0613 e. The molecule has 0 unspecified atom stereocenters. The topological polar surface area (TPSA) is 0 Å². The Kier molecular flexibility index (Phi) is 3.04. The van der Waals surface area contributed by atoms with Crippen molar-refractivity contribution >= 4 is 0 Å². The van der Waals surface area contributed by atoms with E-state index in [0.29, 0.717) is 0 Å². The maximum Gasteiger partial charge on any atom is -0.0132 e. The quantitative estimate of drug-likeness (QED) is 0.623. The molecule has 0 heterocycles. The highest BCUT2D eigenvalue weighted by Crippen LogP contribution is 2.26. The summed E-state index contributed by atoms with van der Waals surface area (Å²) in [7, 11) is 0. The Morgan fingerprint density at radius 2 is 1.43 bits per heavy atom. The zero-order valence-corrected chi connectivity index (χ0v) is 10.4. The van der Waals surface area contributed by atoms with Gasteiger partial charge in [-0.25, -0.2) is 0 Å². The van der Waals surface area contributed by atoms with Gasteiger partial charge in [-0.3, -0.25) is 0 Å². The third kappa shape index (κ3) is 2.17. The normalized spacial score (nSPS) is 11.9. The standard InChI is InChI=1S/C14H22/c1-7-13-10(2)8-12(9-11(13)3)14(4,5)6/h8-9H,7H2,1-6H3. The van der Waals surface area contributed by atoms with Gasteiger partial charge in [-0.2, -0.15) is 0 Å². The van der Waals surface area contributed by atoms with Gasteiger partial charge in [-0.1, -0.05) is 39.8 Å². The van der Waals surface area contributed by atoms with Gasteiger partial charge in [-0.15, -0.1) is 0 Å². The molecule has 0 atom stereocenters.